The van der Waals surface area contributed by atoms with Crippen molar-refractivity contribution in [1.29, 1.82) is 0 Å². The molecular weight excluding hydrogens is 651 g/mol. The zero-order chi connectivity index (χ0) is 36.1. The molecular formula is C53H45N. The number of fused-ring (bicyclic) bond motifs is 2. The van der Waals surface area contributed by atoms with E-state index < -0.39 is 0 Å². The van der Waals surface area contributed by atoms with Gasteiger partial charge in [0.2, 0.25) is 0 Å². The van der Waals surface area contributed by atoms with E-state index in [2.05, 4.69) is 176 Å². The zero-order valence-electron chi connectivity index (χ0n) is 30.8. The molecule has 0 fully saturated rings. The normalized spacial score (nSPS) is 15.5. The number of hydrogen-bond donors (Lipinski definition) is 0. The van der Waals surface area contributed by atoms with Crippen LogP contribution in [0.15, 0.2) is 186 Å². The highest BCUT2D eigenvalue weighted by atomic mass is 14.7. The summed E-state index contributed by atoms with van der Waals surface area (Å²) in [5.74, 6) is 0. The van der Waals surface area contributed by atoms with Crippen molar-refractivity contribution in [2.45, 2.75) is 51.4 Å². The third kappa shape index (κ3) is 7.28. The van der Waals surface area contributed by atoms with Gasteiger partial charge in [0.25, 0.3) is 0 Å². The third-order valence-corrected chi connectivity index (χ3v) is 11.3. The average molecular weight is 696 g/mol. The predicted octanol–water partition coefficient (Wildman–Crippen LogP) is 14.0. The van der Waals surface area contributed by atoms with Gasteiger partial charge in [-0.1, -0.05) is 151 Å². The Kier molecular flexibility index (Phi) is 9.70. The molecule has 1 nitrogen and oxygen atoms in total. The summed E-state index contributed by atoms with van der Waals surface area (Å²) in [5.41, 5.74) is 20.8. The molecule has 0 heterocycles. The SMILES string of the molecule is C1=C(/C=N/C(=C\Cc2ccccc2)c2ccccc2)C2=C(CC1)Cc1ccc(-c3ccc(-c4cc(C5=CCCCC5)cc(-c5ccccc5)c4)cc3)cc12. The van der Waals surface area contributed by atoms with Crippen LogP contribution in [0.5, 0.6) is 0 Å². The Hall–Kier alpha value is -6.05. The van der Waals surface area contributed by atoms with Crippen LogP contribution in [0.4, 0.5) is 0 Å². The summed E-state index contributed by atoms with van der Waals surface area (Å²) >= 11 is 0. The molecule has 3 aliphatic carbocycles. The van der Waals surface area contributed by atoms with E-state index in [1.807, 2.05) is 0 Å². The van der Waals surface area contributed by atoms with E-state index in [0.29, 0.717) is 0 Å². The first-order valence-corrected chi connectivity index (χ1v) is 19.7. The van der Waals surface area contributed by atoms with E-state index in [1.165, 1.54) is 97.2 Å². The van der Waals surface area contributed by atoms with Crippen molar-refractivity contribution < 1.29 is 0 Å². The molecule has 6 aromatic carbocycles. The van der Waals surface area contributed by atoms with Gasteiger partial charge in [-0.05, 0) is 154 Å². The Balaban J connectivity index is 1.01. The predicted molar refractivity (Wildman–Crippen MR) is 230 cm³/mol. The standard InChI is InChI=1S/C53H45N/c1-5-14-38(15-6-1)24-31-52(43-20-11-4-12-21-43)54-37-47-23-13-22-46-32-45-30-29-44(36-51(45)53(46)47)41-25-27-42(28-26-41)50-34-48(39-16-7-2-8-17-39)33-49(35-50)40-18-9-3-10-19-40/h1-2,4-8,11-12,14-18,20-21,23,25-31,33-37H,3,9-10,13,19,22,24,32H2/b52-31-,54-37+. The summed E-state index contributed by atoms with van der Waals surface area (Å²) < 4.78 is 0. The van der Waals surface area contributed by atoms with Crippen LogP contribution in [0, 0.1) is 0 Å². The zero-order valence-corrected chi connectivity index (χ0v) is 30.8. The minimum Gasteiger partial charge on any atom is -0.256 e. The van der Waals surface area contributed by atoms with Crippen LogP contribution >= 0.6 is 0 Å². The lowest BCUT2D eigenvalue weighted by Gasteiger charge is -2.17. The molecule has 0 atom stereocenters. The van der Waals surface area contributed by atoms with Gasteiger partial charge in [-0.2, -0.15) is 0 Å². The Morgan fingerprint density at radius 2 is 1.19 bits per heavy atom. The molecule has 1 heteroatoms. The lowest BCUT2D eigenvalue weighted by molar-refractivity contribution is 0.742. The van der Waals surface area contributed by atoms with Gasteiger partial charge in [0.1, 0.15) is 0 Å². The third-order valence-electron chi connectivity index (χ3n) is 11.3. The second kappa shape index (κ2) is 15.5. The second-order valence-electron chi connectivity index (χ2n) is 14.8. The summed E-state index contributed by atoms with van der Waals surface area (Å²) in [5, 5.41) is 0. The molecule has 0 amide bonds. The fourth-order valence-corrected chi connectivity index (χ4v) is 8.40. The highest BCUT2D eigenvalue weighted by molar-refractivity contribution is 6.06. The van der Waals surface area contributed by atoms with E-state index in [9.17, 15) is 0 Å². The van der Waals surface area contributed by atoms with Crippen LogP contribution in [0.3, 0.4) is 0 Å². The summed E-state index contributed by atoms with van der Waals surface area (Å²) in [4.78, 5) is 5.18. The van der Waals surface area contributed by atoms with Gasteiger partial charge in [0.05, 0.1) is 5.70 Å². The number of allylic oxidation sites excluding steroid dienone is 7. The molecule has 6 aromatic rings. The smallest absolute Gasteiger partial charge is 0.0665 e. The first-order valence-electron chi connectivity index (χ1n) is 19.7. The molecule has 0 aliphatic heterocycles. The lowest BCUT2D eigenvalue weighted by Crippen LogP contribution is -1.99. The molecule has 0 spiro atoms. The van der Waals surface area contributed by atoms with Crippen LogP contribution < -0.4 is 0 Å². The van der Waals surface area contributed by atoms with E-state index in [1.54, 1.807) is 0 Å². The van der Waals surface area contributed by atoms with E-state index in [-0.39, 0.29) is 0 Å². The van der Waals surface area contributed by atoms with E-state index in [0.717, 1.165) is 43.4 Å². The fraction of sp³-hybridized carbons (Fsp3) is 0.151. The quantitative estimate of drug-likeness (QED) is 0.134. The van der Waals surface area contributed by atoms with Gasteiger partial charge in [0.15, 0.2) is 0 Å². The highest BCUT2D eigenvalue weighted by Crippen LogP contribution is 2.44. The highest BCUT2D eigenvalue weighted by Gasteiger charge is 2.26. The molecule has 0 aromatic heterocycles. The number of nitrogens with zero attached hydrogens (tertiary/aromatic N) is 1. The Morgan fingerprint density at radius 3 is 1.91 bits per heavy atom. The van der Waals surface area contributed by atoms with Crippen molar-refractivity contribution in [2.24, 2.45) is 4.99 Å². The molecule has 0 bridgehead atoms. The van der Waals surface area contributed by atoms with Crippen molar-refractivity contribution in [3.8, 4) is 33.4 Å². The van der Waals surface area contributed by atoms with Crippen molar-refractivity contribution in [1.82, 2.24) is 0 Å². The van der Waals surface area contributed by atoms with Gasteiger partial charge in [0, 0.05) is 6.21 Å². The Morgan fingerprint density at radius 1 is 0.537 bits per heavy atom. The molecule has 3 aliphatic rings. The first-order chi connectivity index (χ1) is 26.7. The van der Waals surface area contributed by atoms with Gasteiger partial charge < -0.3 is 0 Å². The van der Waals surface area contributed by atoms with Crippen LogP contribution in [0.2, 0.25) is 0 Å². The molecule has 54 heavy (non-hydrogen) atoms. The number of benzene rings is 6. The van der Waals surface area contributed by atoms with Gasteiger partial charge in [-0.3, -0.25) is 4.99 Å². The molecule has 0 N–H and O–H groups in total. The second-order valence-corrected chi connectivity index (χ2v) is 14.8. The maximum atomic E-state index is 5.18. The largest absolute Gasteiger partial charge is 0.256 e. The van der Waals surface area contributed by atoms with Crippen molar-refractivity contribution in [3.63, 3.8) is 0 Å². The molecule has 9 rings (SSSR count). The number of hydrogen-bond acceptors (Lipinski definition) is 1. The van der Waals surface area contributed by atoms with Crippen LogP contribution in [-0.4, -0.2) is 6.21 Å². The minimum absolute atomic E-state index is 0.845. The topological polar surface area (TPSA) is 12.4 Å². The molecule has 0 unspecified atom stereocenters. The minimum atomic E-state index is 0.845. The average Bonchev–Trinajstić information content (AvgIpc) is 3.64. The first kappa shape index (κ1) is 33.8. The lowest BCUT2D eigenvalue weighted by atomic mass is 9.88. The summed E-state index contributed by atoms with van der Waals surface area (Å²) in [7, 11) is 0. The summed E-state index contributed by atoms with van der Waals surface area (Å²) in [6, 6.07) is 55.5. The van der Waals surface area contributed by atoms with Crippen LogP contribution in [0.1, 0.15) is 66.3 Å². The van der Waals surface area contributed by atoms with E-state index >= 15 is 0 Å². The van der Waals surface area contributed by atoms with Crippen LogP contribution in [-0.2, 0) is 12.8 Å². The van der Waals surface area contributed by atoms with Gasteiger partial charge in [-0.15, -0.1) is 0 Å². The Labute approximate surface area is 320 Å². The maximum absolute atomic E-state index is 5.18. The van der Waals surface area contributed by atoms with Gasteiger partial charge >= 0.3 is 0 Å². The molecule has 262 valence electrons. The van der Waals surface area contributed by atoms with E-state index in [4.69, 9.17) is 4.99 Å². The Bertz CT molecular complexity index is 2440. The fourth-order valence-electron chi connectivity index (χ4n) is 8.40. The van der Waals surface area contributed by atoms with Gasteiger partial charge in [-0.25, -0.2) is 0 Å². The number of aliphatic imine (C=N–C) groups is 1. The molecule has 0 saturated heterocycles. The monoisotopic (exact) mass is 695 g/mol. The molecule has 0 saturated carbocycles. The molecule has 0 radical (unpaired) electrons. The summed E-state index contributed by atoms with van der Waals surface area (Å²) in [6.45, 7) is 0. The van der Waals surface area contributed by atoms with Crippen molar-refractivity contribution in [3.05, 3.63) is 209 Å². The maximum Gasteiger partial charge on any atom is 0.0665 e. The number of rotatable bonds is 9. The van der Waals surface area contributed by atoms with Crippen LogP contribution in [0.25, 0.3) is 50.2 Å². The summed E-state index contributed by atoms with van der Waals surface area (Å²) in [6.07, 6.45) is 18.2. The van der Waals surface area contributed by atoms with Crippen molar-refractivity contribution >= 4 is 23.1 Å². The van der Waals surface area contributed by atoms with Crippen molar-refractivity contribution in [2.75, 3.05) is 0 Å².